The predicted octanol–water partition coefficient (Wildman–Crippen LogP) is 1.25. The first kappa shape index (κ1) is 13.3. The van der Waals surface area contributed by atoms with Crippen molar-refractivity contribution in [3.8, 4) is 11.5 Å². The molecular formula is C12H18N2O3. The molecule has 5 heteroatoms. The molecule has 0 bridgehead atoms. The zero-order chi connectivity index (χ0) is 12.8. The maximum Gasteiger partial charge on any atom is 0.241 e. The summed E-state index contributed by atoms with van der Waals surface area (Å²) in [6, 6.07) is 4.97. The Morgan fingerprint density at radius 2 is 1.71 bits per heavy atom. The van der Waals surface area contributed by atoms with E-state index < -0.39 is 0 Å². The van der Waals surface area contributed by atoms with Crippen molar-refractivity contribution < 1.29 is 14.3 Å². The molecule has 0 aromatic heterocycles. The number of hydrogen-bond donors (Lipinski definition) is 2. The Balaban J connectivity index is 2.86. The van der Waals surface area contributed by atoms with Crippen LogP contribution in [0.4, 0.5) is 5.69 Å². The third kappa shape index (κ3) is 3.64. The molecule has 0 aliphatic rings. The van der Waals surface area contributed by atoms with Crippen LogP contribution in [0.2, 0.25) is 0 Å². The standard InChI is InChI=1S/C12H18N2O3/c1-8(13-2)12(15)14-9-5-10(16-3)7-11(6-9)17-4/h5-8,13H,1-4H3,(H,14,15)/t8-/m1/s1. The molecule has 0 unspecified atom stereocenters. The fraction of sp³-hybridized carbons (Fsp3) is 0.417. The van der Waals surface area contributed by atoms with Crippen molar-refractivity contribution in [2.24, 2.45) is 0 Å². The highest BCUT2D eigenvalue weighted by atomic mass is 16.5. The Bertz CT molecular complexity index is 371. The third-order valence-corrected chi connectivity index (χ3v) is 2.45. The molecule has 1 aromatic rings. The highest BCUT2D eigenvalue weighted by molar-refractivity contribution is 5.94. The number of hydrogen-bond acceptors (Lipinski definition) is 4. The van der Waals surface area contributed by atoms with Gasteiger partial charge in [0.05, 0.1) is 20.3 Å². The summed E-state index contributed by atoms with van der Waals surface area (Å²) >= 11 is 0. The Morgan fingerprint density at radius 3 is 2.12 bits per heavy atom. The van der Waals surface area contributed by atoms with Crippen LogP contribution in [0.1, 0.15) is 6.92 Å². The van der Waals surface area contributed by atoms with E-state index in [1.54, 1.807) is 46.4 Å². The quantitative estimate of drug-likeness (QED) is 0.810. The Labute approximate surface area is 101 Å². The number of methoxy groups -OCH3 is 2. The minimum absolute atomic E-state index is 0.109. The van der Waals surface area contributed by atoms with Gasteiger partial charge in [0, 0.05) is 23.9 Å². The van der Waals surface area contributed by atoms with E-state index in [0.717, 1.165) is 0 Å². The number of anilines is 1. The minimum atomic E-state index is -0.257. The summed E-state index contributed by atoms with van der Waals surface area (Å²) in [7, 11) is 4.86. The molecule has 1 amide bonds. The van der Waals surface area contributed by atoms with Crippen LogP contribution >= 0.6 is 0 Å². The highest BCUT2D eigenvalue weighted by Crippen LogP contribution is 2.25. The van der Waals surface area contributed by atoms with Gasteiger partial charge < -0.3 is 20.1 Å². The fourth-order valence-electron chi connectivity index (χ4n) is 1.26. The van der Waals surface area contributed by atoms with Gasteiger partial charge in [-0.2, -0.15) is 0 Å². The smallest absolute Gasteiger partial charge is 0.241 e. The molecule has 1 rings (SSSR count). The molecule has 1 atom stereocenters. The van der Waals surface area contributed by atoms with E-state index in [2.05, 4.69) is 10.6 Å². The minimum Gasteiger partial charge on any atom is -0.497 e. The zero-order valence-electron chi connectivity index (χ0n) is 10.5. The molecule has 17 heavy (non-hydrogen) atoms. The normalized spacial score (nSPS) is 11.8. The average Bonchev–Trinajstić information content (AvgIpc) is 2.36. The molecule has 0 heterocycles. The number of carbonyl (C=O) groups excluding carboxylic acids is 1. The van der Waals surface area contributed by atoms with Gasteiger partial charge in [-0.1, -0.05) is 0 Å². The second-order valence-electron chi connectivity index (χ2n) is 3.60. The van der Waals surface area contributed by atoms with Gasteiger partial charge in [0.2, 0.25) is 5.91 Å². The lowest BCUT2D eigenvalue weighted by atomic mass is 10.2. The topological polar surface area (TPSA) is 59.6 Å². The van der Waals surface area contributed by atoms with Gasteiger partial charge in [0.15, 0.2) is 0 Å². The van der Waals surface area contributed by atoms with Gasteiger partial charge >= 0.3 is 0 Å². The predicted molar refractivity (Wildman–Crippen MR) is 66.7 cm³/mol. The van der Waals surface area contributed by atoms with Crippen molar-refractivity contribution in [2.45, 2.75) is 13.0 Å². The van der Waals surface area contributed by atoms with Crippen molar-refractivity contribution in [1.29, 1.82) is 0 Å². The molecule has 0 saturated heterocycles. The molecule has 94 valence electrons. The molecule has 0 aliphatic carbocycles. The lowest BCUT2D eigenvalue weighted by Gasteiger charge is -2.13. The van der Waals surface area contributed by atoms with E-state index in [9.17, 15) is 4.79 Å². The molecule has 0 radical (unpaired) electrons. The summed E-state index contributed by atoms with van der Waals surface area (Å²) in [6.07, 6.45) is 0. The van der Waals surface area contributed by atoms with Crippen LogP contribution < -0.4 is 20.1 Å². The van der Waals surface area contributed by atoms with Crippen molar-refractivity contribution in [2.75, 3.05) is 26.6 Å². The lowest BCUT2D eigenvalue weighted by Crippen LogP contribution is -2.35. The van der Waals surface area contributed by atoms with E-state index in [1.807, 2.05) is 0 Å². The van der Waals surface area contributed by atoms with Gasteiger partial charge in [0.1, 0.15) is 11.5 Å². The van der Waals surface area contributed by atoms with Crippen LogP contribution in [-0.2, 0) is 4.79 Å². The first-order valence-electron chi connectivity index (χ1n) is 5.32. The summed E-state index contributed by atoms with van der Waals surface area (Å²) in [6.45, 7) is 1.78. The van der Waals surface area contributed by atoms with Crippen molar-refractivity contribution >= 4 is 11.6 Å². The van der Waals surface area contributed by atoms with Crippen LogP contribution in [0.5, 0.6) is 11.5 Å². The van der Waals surface area contributed by atoms with Crippen LogP contribution in [0.15, 0.2) is 18.2 Å². The van der Waals surface area contributed by atoms with Gasteiger partial charge in [-0.25, -0.2) is 0 Å². The van der Waals surface area contributed by atoms with Gasteiger partial charge in [0.25, 0.3) is 0 Å². The molecule has 0 saturated carbocycles. The lowest BCUT2D eigenvalue weighted by molar-refractivity contribution is -0.117. The first-order chi connectivity index (χ1) is 8.10. The van der Waals surface area contributed by atoms with Gasteiger partial charge in [-0.3, -0.25) is 4.79 Å². The van der Waals surface area contributed by atoms with E-state index in [-0.39, 0.29) is 11.9 Å². The number of amides is 1. The number of ether oxygens (including phenoxy) is 2. The maximum atomic E-state index is 11.7. The van der Waals surface area contributed by atoms with E-state index in [0.29, 0.717) is 17.2 Å². The molecule has 0 fully saturated rings. The number of nitrogens with one attached hydrogen (secondary N) is 2. The van der Waals surface area contributed by atoms with Crippen molar-refractivity contribution in [3.05, 3.63) is 18.2 Å². The molecule has 5 nitrogen and oxygen atoms in total. The van der Waals surface area contributed by atoms with Crippen molar-refractivity contribution in [1.82, 2.24) is 5.32 Å². The van der Waals surface area contributed by atoms with E-state index in [4.69, 9.17) is 9.47 Å². The summed E-state index contributed by atoms with van der Waals surface area (Å²) in [4.78, 5) is 11.7. The van der Waals surface area contributed by atoms with Crippen LogP contribution in [0.25, 0.3) is 0 Å². The van der Waals surface area contributed by atoms with Crippen LogP contribution in [-0.4, -0.2) is 33.2 Å². The fourth-order valence-corrected chi connectivity index (χ4v) is 1.26. The molecular weight excluding hydrogens is 220 g/mol. The Morgan fingerprint density at radius 1 is 1.18 bits per heavy atom. The molecule has 0 spiro atoms. The van der Waals surface area contributed by atoms with Crippen molar-refractivity contribution in [3.63, 3.8) is 0 Å². The summed E-state index contributed by atoms with van der Waals surface area (Å²) in [5, 5.41) is 5.65. The largest absolute Gasteiger partial charge is 0.497 e. The monoisotopic (exact) mass is 238 g/mol. The van der Waals surface area contributed by atoms with Gasteiger partial charge in [-0.05, 0) is 14.0 Å². The summed E-state index contributed by atoms with van der Waals surface area (Å²) in [5.41, 5.74) is 0.647. The van der Waals surface area contributed by atoms with Gasteiger partial charge in [-0.15, -0.1) is 0 Å². The summed E-state index contributed by atoms with van der Waals surface area (Å²) in [5.74, 6) is 1.16. The van der Waals surface area contributed by atoms with Crippen LogP contribution in [0, 0.1) is 0 Å². The average molecular weight is 238 g/mol. The molecule has 0 aliphatic heterocycles. The number of rotatable bonds is 5. The number of likely N-dealkylation sites (N-methyl/N-ethyl adjacent to an activating group) is 1. The zero-order valence-corrected chi connectivity index (χ0v) is 10.5. The van der Waals surface area contributed by atoms with E-state index in [1.165, 1.54) is 0 Å². The number of carbonyl (C=O) groups is 1. The maximum absolute atomic E-state index is 11.7. The summed E-state index contributed by atoms with van der Waals surface area (Å²) < 4.78 is 10.2. The number of benzene rings is 1. The molecule has 2 N–H and O–H groups in total. The second kappa shape index (κ2) is 6.10. The third-order valence-electron chi connectivity index (χ3n) is 2.45. The SMILES string of the molecule is CN[C@H](C)C(=O)Nc1cc(OC)cc(OC)c1. The van der Waals surface area contributed by atoms with Crippen LogP contribution in [0.3, 0.4) is 0 Å². The first-order valence-corrected chi connectivity index (χ1v) is 5.32. The Kier molecular flexibility index (Phi) is 4.78. The van der Waals surface area contributed by atoms with E-state index >= 15 is 0 Å². The molecule has 1 aromatic carbocycles. The second-order valence-corrected chi connectivity index (χ2v) is 3.60. The highest BCUT2D eigenvalue weighted by Gasteiger charge is 2.11. The Hall–Kier alpha value is -1.75.